The first-order chi connectivity index (χ1) is 8.71. The standard InChI is InChI=1S/C17H23NO/c1-11-9-14(8-7-13(11)10-18)19-15-16(3,4)12(2)17(15,5)6/h7-9,12,15H,1-6H3/t12-,15-. The summed E-state index contributed by atoms with van der Waals surface area (Å²) in [5.74, 6) is 1.50. The third-order valence-corrected chi connectivity index (χ3v) is 5.16. The van der Waals surface area contributed by atoms with E-state index in [0.29, 0.717) is 11.5 Å². The average Bonchev–Trinajstić information content (AvgIpc) is 2.34. The molecule has 1 saturated carbocycles. The van der Waals surface area contributed by atoms with E-state index in [1.807, 2.05) is 25.1 Å². The molecule has 1 aromatic carbocycles. The van der Waals surface area contributed by atoms with Crippen molar-refractivity contribution in [1.29, 1.82) is 5.26 Å². The van der Waals surface area contributed by atoms with Crippen LogP contribution in [0.5, 0.6) is 5.75 Å². The summed E-state index contributed by atoms with van der Waals surface area (Å²) in [6.07, 6.45) is 0.210. The molecule has 1 aromatic rings. The second-order valence-electron chi connectivity index (χ2n) is 6.95. The van der Waals surface area contributed by atoms with E-state index >= 15 is 0 Å². The summed E-state index contributed by atoms with van der Waals surface area (Å²) in [4.78, 5) is 0. The third kappa shape index (κ3) is 2.02. The lowest BCUT2D eigenvalue weighted by atomic mass is 9.46. The molecule has 0 amide bonds. The van der Waals surface area contributed by atoms with Gasteiger partial charge < -0.3 is 4.74 Å². The summed E-state index contributed by atoms with van der Waals surface area (Å²) < 4.78 is 6.22. The van der Waals surface area contributed by atoms with Crippen molar-refractivity contribution in [3.05, 3.63) is 29.3 Å². The van der Waals surface area contributed by atoms with E-state index in [-0.39, 0.29) is 16.9 Å². The summed E-state index contributed by atoms with van der Waals surface area (Å²) in [7, 11) is 0. The molecule has 102 valence electrons. The molecule has 1 fully saturated rings. The fourth-order valence-electron chi connectivity index (χ4n) is 3.55. The Kier molecular flexibility index (Phi) is 3.13. The quantitative estimate of drug-likeness (QED) is 0.790. The van der Waals surface area contributed by atoms with Crippen LogP contribution in [0, 0.1) is 35.0 Å². The first-order valence-corrected chi connectivity index (χ1v) is 6.88. The number of rotatable bonds is 2. The molecule has 0 heterocycles. The fraction of sp³-hybridized carbons (Fsp3) is 0.588. The maximum atomic E-state index is 8.96. The highest BCUT2D eigenvalue weighted by atomic mass is 16.5. The molecule has 0 unspecified atom stereocenters. The topological polar surface area (TPSA) is 33.0 Å². The van der Waals surface area contributed by atoms with Crippen molar-refractivity contribution in [1.82, 2.24) is 0 Å². The van der Waals surface area contributed by atoms with Crippen LogP contribution in [0.2, 0.25) is 0 Å². The molecule has 0 saturated heterocycles. The molecule has 2 rings (SSSR count). The monoisotopic (exact) mass is 257 g/mol. The van der Waals surface area contributed by atoms with E-state index in [4.69, 9.17) is 10.00 Å². The first-order valence-electron chi connectivity index (χ1n) is 6.88. The van der Waals surface area contributed by atoms with Crippen molar-refractivity contribution in [3.63, 3.8) is 0 Å². The van der Waals surface area contributed by atoms with Crippen molar-refractivity contribution >= 4 is 0 Å². The van der Waals surface area contributed by atoms with Gasteiger partial charge in [0.05, 0.1) is 11.6 Å². The molecule has 0 bridgehead atoms. The molecular weight excluding hydrogens is 234 g/mol. The van der Waals surface area contributed by atoms with Gasteiger partial charge in [-0.05, 0) is 36.6 Å². The van der Waals surface area contributed by atoms with Gasteiger partial charge in [0.15, 0.2) is 0 Å². The SMILES string of the molecule is Cc1cc(O[C@H]2C(C)(C)[C@H](C)C2(C)C)ccc1C#N. The Morgan fingerprint density at radius 3 is 2.21 bits per heavy atom. The fourth-order valence-corrected chi connectivity index (χ4v) is 3.55. The number of hydrogen-bond acceptors (Lipinski definition) is 2. The van der Waals surface area contributed by atoms with Gasteiger partial charge in [-0.3, -0.25) is 0 Å². The zero-order valence-electron chi connectivity index (χ0n) is 12.7. The number of aryl methyl sites for hydroxylation is 1. The summed E-state index contributed by atoms with van der Waals surface area (Å²) in [6.45, 7) is 13.3. The normalized spacial score (nSPS) is 27.2. The van der Waals surface area contributed by atoms with Crippen molar-refractivity contribution in [2.24, 2.45) is 16.7 Å². The maximum Gasteiger partial charge on any atom is 0.120 e. The summed E-state index contributed by atoms with van der Waals surface area (Å²) in [6, 6.07) is 7.90. The second-order valence-corrected chi connectivity index (χ2v) is 6.95. The lowest BCUT2D eigenvalue weighted by Crippen LogP contribution is -2.64. The Morgan fingerprint density at radius 1 is 1.16 bits per heavy atom. The van der Waals surface area contributed by atoms with Gasteiger partial charge in [0.2, 0.25) is 0 Å². The minimum atomic E-state index is 0.186. The highest BCUT2D eigenvalue weighted by Gasteiger charge is 2.61. The molecule has 0 aromatic heterocycles. The van der Waals surface area contributed by atoms with E-state index in [1.165, 1.54) is 0 Å². The van der Waals surface area contributed by atoms with Gasteiger partial charge in [-0.2, -0.15) is 5.26 Å². The van der Waals surface area contributed by atoms with Crippen molar-refractivity contribution < 1.29 is 4.74 Å². The number of nitriles is 1. The van der Waals surface area contributed by atoms with Gasteiger partial charge in [0.25, 0.3) is 0 Å². The van der Waals surface area contributed by atoms with Crippen molar-refractivity contribution in [2.75, 3.05) is 0 Å². The Morgan fingerprint density at radius 2 is 1.74 bits per heavy atom. The molecular formula is C17H23NO. The van der Waals surface area contributed by atoms with Crippen LogP contribution in [0.1, 0.15) is 45.7 Å². The van der Waals surface area contributed by atoms with Crippen LogP contribution in [0.4, 0.5) is 0 Å². The summed E-state index contributed by atoms with van der Waals surface area (Å²) >= 11 is 0. The van der Waals surface area contributed by atoms with Crippen LogP contribution in [0.25, 0.3) is 0 Å². The molecule has 0 spiro atoms. The predicted molar refractivity (Wildman–Crippen MR) is 77.0 cm³/mol. The van der Waals surface area contributed by atoms with Crippen LogP contribution in [0.15, 0.2) is 18.2 Å². The molecule has 0 aliphatic heterocycles. The van der Waals surface area contributed by atoms with Crippen LogP contribution in [-0.4, -0.2) is 6.10 Å². The van der Waals surface area contributed by atoms with Gasteiger partial charge in [-0.15, -0.1) is 0 Å². The van der Waals surface area contributed by atoms with E-state index < -0.39 is 0 Å². The zero-order chi connectivity index (χ0) is 14.4. The molecule has 0 N–H and O–H groups in total. The van der Waals surface area contributed by atoms with E-state index in [9.17, 15) is 0 Å². The molecule has 1 aliphatic carbocycles. The van der Waals surface area contributed by atoms with Gasteiger partial charge in [-0.25, -0.2) is 0 Å². The number of hydrogen-bond donors (Lipinski definition) is 0. The van der Waals surface area contributed by atoms with Gasteiger partial charge >= 0.3 is 0 Å². The number of nitrogens with zero attached hydrogens (tertiary/aromatic N) is 1. The first kappa shape index (κ1) is 13.9. The second kappa shape index (κ2) is 4.27. The highest BCUT2D eigenvalue weighted by Crippen LogP contribution is 2.59. The molecule has 0 atom stereocenters. The lowest BCUT2D eigenvalue weighted by Gasteiger charge is -2.62. The Hall–Kier alpha value is -1.49. The predicted octanol–water partition coefficient (Wildman–Crippen LogP) is 4.32. The largest absolute Gasteiger partial charge is 0.489 e. The smallest absolute Gasteiger partial charge is 0.120 e. The average molecular weight is 257 g/mol. The summed E-state index contributed by atoms with van der Waals surface area (Å²) in [5.41, 5.74) is 2.06. The van der Waals surface area contributed by atoms with Gasteiger partial charge in [0, 0.05) is 10.8 Å². The number of benzene rings is 1. The minimum absolute atomic E-state index is 0.186. The van der Waals surface area contributed by atoms with Crippen LogP contribution >= 0.6 is 0 Å². The molecule has 0 radical (unpaired) electrons. The van der Waals surface area contributed by atoms with Crippen LogP contribution in [-0.2, 0) is 0 Å². The van der Waals surface area contributed by atoms with E-state index in [1.54, 1.807) is 0 Å². The maximum absolute atomic E-state index is 8.96. The van der Waals surface area contributed by atoms with Gasteiger partial charge in [0.1, 0.15) is 11.9 Å². The van der Waals surface area contributed by atoms with Gasteiger partial charge in [-0.1, -0.05) is 34.6 Å². The van der Waals surface area contributed by atoms with E-state index in [0.717, 1.165) is 11.3 Å². The zero-order valence-corrected chi connectivity index (χ0v) is 12.7. The van der Waals surface area contributed by atoms with Crippen molar-refractivity contribution in [3.8, 4) is 11.8 Å². The van der Waals surface area contributed by atoms with Crippen LogP contribution in [0.3, 0.4) is 0 Å². The van der Waals surface area contributed by atoms with E-state index in [2.05, 4.69) is 40.7 Å². The molecule has 19 heavy (non-hydrogen) atoms. The lowest BCUT2D eigenvalue weighted by molar-refractivity contribution is -0.190. The Balaban J connectivity index is 2.23. The van der Waals surface area contributed by atoms with Crippen LogP contribution < -0.4 is 4.74 Å². The molecule has 2 nitrogen and oxygen atoms in total. The molecule has 1 aliphatic rings. The highest BCUT2D eigenvalue weighted by molar-refractivity contribution is 5.42. The molecule has 2 heteroatoms. The minimum Gasteiger partial charge on any atom is -0.489 e. The Bertz CT molecular complexity index is 521. The van der Waals surface area contributed by atoms with Crippen molar-refractivity contribution in [2.45, 2.75) is 47.6 Å². The number of ether oxygens (including phenoxy) is 1. The Labute approximate surface area is 116 Å². The summed E-state index contributed by atoms with van der Waals surface area (Å²) in [5, 5.41) is 8.96. The third-order valence-electron chi connectivity index (χ3n) is 5.16.